The number of carbonyl (C=O) groups is 3. The zero-order chi connectivity index (χ0) is 19.4. The fraction of sp³-hybridized carbons (Fsp3) is 0.812. The number of carbonyl (C=O) groups excluding carboxylic acids is 3. The van der Waals surface area contributed by atoms with Crippen molar-refractivity contribution in [3.63, 3.8) is 0 Å². The molecular formula is C16H27NO8. The summed E-state index contributed by atoms with van der Waals surface area (Å²) < 4.78 is 5.29. The molecule has 1 aliphatic heterocycles. The Morgan fingerprint density at radius 1 is 1.16 bits per heavy atom. The van der Waals surface area contributed by atoms with Crippen LogP contribution in [0.15, 0.2) is 0 Å². The molecule has 25 heavy (non-hydrogen) atoms. The topological polar surface area (TPSA) is 153 Å². The molecule has 1 saturated heterocycles. The second-order valence-electron chi connectivity index (χ2n) is 6.45. The number of Topliss-reactive ketones (excluding diaryl/α,β-unsaturated/α-hetero) is 2. The van der Waals surface area contributed by atoms with Gasteiger partial charge in [0.2, 0.25) is 5.91 Å². The summed E-state index contributed by atoms with van der Waals surface area (Å²) in [5.41, 5.74) is -2.01. The van der Waals surface area contributed by atoms with Gasteiger partial charge in [0.1, 0.15) is 29.6 Å². The smallest absolute Gasteiger partial charge is 0.253 e. The van der Waals surface area contributed by atoms with Crippen molar-refractivity contribution < 1.29 is 39.5 Å². The molecule has 0 aromatic carbocycles. The summed E-state index contributed by atoms with van der Waals surface area (Å²) in [6.07, 6.45) is -5.12. The highest BCUT2D eigenvalue weighted by molar-refractivity contribution is 5.91. The lowest BCUT2D eigenvalue weighted by atomic mass is 9.71. The second-order valence-corrected chi connectivity index (χ2v) is 6.45. The van der Waals surface area contributed by atoms with Crippen LogP contribution in [0.1, 0.15) is 46.5 Å². The first-order valence-corrected chi connectivity index (χ1v) is 8.24. The second kappa shape index (κ2) is 8.33. The van der Waals surface area contributed by atoms with Crippen LogP contribution in [-0.2, 0) is 19.1 Å². The zero-order valence-electron chi connectivity index (χ0n) is 14.7. The molecule has 0 aromatic rings. The maximum absolute atomic E-state index is 12.7. The third-order valence-corrected chi connectivity index (χ3v) is 4.44. The molecule has 0 saturated carbocycles. The van der Waals surface area contributed by atoms with E-state index >= 15 is 0 Å². The van der Waals surface area contributed by atoms with Gasteiger partial charge in [-0.25, -0.2) is 0 Å². The van der Waals surface area contributed by atoms with E-state index in [-0.39, 0.29) is 25.0 Å². The van der Waals surface area contributed by atoms with E-state index in [0.29, 0.717) is 6.42 Å². The van der Waals surface area contributed by atoms with Crippen LogP contribution in [0.25, 0.3) is 0 Å². The predicted molar refractivity (Wildman–Crippen MR) is 85.3 cm³/mol. The monoisotopic (exact) mass is 361 g/mol. The number of ether oxygens (including phenoxy) is 1. The maximum Gasteiger partial charge on any atom is 0.253 e. The summed E-state index contributed by atoms with van der Waals surface area (Å²) in [6, 6.07) is 0. The Morgan fingerprint density at radius 2 is 1.76 bits per heavy atom. The van der Waals surface area contributed by atoms with Crippen LogP contribution in [0.3, 0.4) is 0 Å². The van der Waals surface area contributed by atoms with Crippen molar-refractivity contribution >= 4 is 17.5 Å². The van der Waals surface area contributed by atoms with Crippen LogP contribution >= 0.6 is 0 Å². The molecule has 144 valence electrons. The lowest BCUT2D eigenvalue weighted by Crippen LogP contribution is -2.80. The fourth-order valence-electron chi connectivity index (χ4n) is 3.25. The third-order valence-electron chi connectivity index (χ3n) is 4.44. The van der Waals surface area contributed by atoms with Crippen molar-refractivity contribution in [3.8, 4) is 0 Å². The molecule has 0 spiro atoms. The summed E-state index contributed by atoms with van der Waals surface area (Å²) in [7, 11) is 0. The molecule has 1 amide bonds. The van der Waals surface area contributed by atoms with E-state index in [9.17, 15) is 34.8 Å². The highest BCUT2D eigenvalue weighted by Gasteiger charge is 2.66. The number of aliphatic hydroxyl groups is 4. The van der Waals surface area contributed by atoms with Crippen LogP contribution < -0.4 is 5.32 Å². The van der Waals surface area contributed by atoms with E-state index in [1.165, 1.54) is 6.92 Å². The van der Waals surface area contributed by atoms with E-state index in [1.54, 1.807) is 6.92 Å². The quantitative estimate of drug-likeness (QED) is 0.346. The fourth-order valence-corrected chi connectivity index (χ4v) is 3.25. The summed E-state index contributed by atoms with van der Waals surface area (Å²) >= 11 is 0. The first-order valence-electron chi connectivity index (χ1n) is 8.24. The number of hydrogen-bond donors (Lipinski definition) is 5. The van der Waals surface area contributed by atoms with Crippen LogP contribution in [0.4, 0.5) is 0 Å². The molecule has 1 heterocycles. The molecule has 5 N–H and O–H groups in total. The molecule has 9 nitrogen and oxygen atoms in total. The first-order chi connectivity index (χ1) is 11.6. The molecular weight excluding hydrogens is 334 g/mol. The van der Waals surface area contributed by atoms with Gasteiger partial charge in [0.15, 0.2) is 5.78 Å². The third kappa shape index (κ3) is 4.06. The summed E-state index contributed by atoms with van der Waals surface area (Å²) in [5.74, 6) is -4.55. The number of hydrogen-bond acceptors (Lipinski definition) is 8. The molecule has 0 bridgehead atoms. The Morgan fingerprint density at radius 3 is 2.20 bits per heavy atom. The van der Waals surface area contributed by atoms with Gasteiger partial charge in [0.05, 0.1) is 6.61 Å². The zero-order valence-corrected chi connectivity index (χ0v) is 14.7. The minimum Gasteiger partial charge on any atom is -0.394 e. The standard InChI is InChI=1S/C16H27NO8/c1-4-7-15(17-10(3)20)14(23)13(22)11(8-18)25-16(15,24)12(21)6-5-9(2)19/h11,13-14,18,22-24H,4-8H2,1-3H3,(H,17,20)/t11-,13-,14+,15+,16?/m1/s1. The highest BCUT2D eigenvalue weighted by Crippen LogP contribution is 2.41. The Labute approximate surface area is 146 Å². The van der Waals surface area contributed by atoms with Crippen molar-refractivity contribution in [3.05, 3.63) is 0 Å². The number of nitrogens with one attached hydrogen (secondary N) is 1. The molecule has 0 aromatic heterocycles. The van der Waals surface area contributed by atoms with Crippen LogP contribution in [0.2, 0.25) is 0 Å². The molecule has 1 fully saturated rings. The summed E-state index contributed by atoms with van der Waals surface area (Å²) in [5, 5.41) is 43.5. The normalized spacial score (nSPS) is 35.2. The molecule has 1 rings (SSSR count). The number of amides is 1. The predicted octanol–water partition coefficient (Wildman–Crippen LogP) is -1.60. The lowest BCUT2D eigenvalue weighted by molar-refractivity contribution is -0.330. The van der Waals surface area contributed by atoms with Gasteiger partial charge in [-0.3, -0.25) is 9.59 Å². The van der Waals surface area contributed by atoms with Crippen LogP contribution in [0, 0.1) is 0 Å². The molecule has 0 aliphatic carbocycles. The van der Waals surface area contributed by atoms with Gasteiger partial charge in [-0.2, -0.15) is 0 Å². The molecule has 1 unspecified atom stereocenters. The highest BCUT2D eigenvalue weighted by atomic mass is 16.7. The van der Waals surface area contributed by atoms with E-state index in [4.69, 9.17) is 4.74 Å². The van der Waals surface area contributed by atoms with Crippen molar-refractivity contribution in [1.29, 1.82) is 0 Å². The maximum atomic E-state index is 12.7. The largest absolute Gasteiger partial charge is 0.394 e. The average Bonchev–Trinajstić information content (AvgIpc) is 2.53. The van der Waals surface area contributed by atoms with Gasteiger partial charge in [0.25, 0.3) is 5.79 Å². The van der Waals surface area contributed by atoms with Crippen molar-refractivity contribution in [1.82, 2.24) is 5.32 Å². The summed E-state index contributed by atoms with van der Waals surface area (Å²) in [4.78, 5) is 35.5. The van der Waals surface area contributed by atoms with Gasteiger partial charge in [-0.1, -0.05) is 13.3 Å². The Balaban J connectivity index is 3.42. The Bertz CT molecular complexity index is 524. The van der Waals surface area contributed by atoms with Gasteiger partial charge in [-0.05, 0) is 13.3 Å². The Hall–Kier alpha value is -1.39. The lowest BCUT2D eigenvalue weighted by Gasteiger charge is -2.55. The minimum atomic E-state index is -2.70. The van der Waals surface area contributed by atoms with Crippen LogP contribution in [-0.4, -0.2) is 74.1 Å². The van der Waals surface area contributed by atoms with E-state index in [1.807, 2.05) is 0 Å². The Kier molecular flexibility index (Phi) is 7.21. The van der Waals surface area contributed by atoms with E-state index in [0.717, 1.165) is 6.92 Å². The van der Waals surface area contributed by atoms with E-state index < -0.39 is 47.9 Å². The van der Waals surface area contributed by atoms with Gasteiger partial charge in [0, 0.05) is 19.8 Å². The van der Waals surface area contributed by atoms with Gasteiger partial charge < -0.3 is 35.3 Å². The van der Waals surface area contributed by atoms with Gasteiger partial charge >= 0.3 is 0 Å². The van der Waals surface area contributed by atoms with Crippen LogP contribution in [0.5, 0.6) is 0 Å². The van der Waals surface area contributed by atoms with E-state index in [2.05, 4.69) is 5.32 Å². The molecule has 9 heteroatoms. The molecule has 1 aliphatic rings. The van der Waals surface area contributed by atoms with Crippen molar-refractivity contribution in [2.24, 2.45) is 0 Å². The van der Waals surface area contributed by atoms with Crippen molar-refractivity contribution in [2.75, 3.05) is 6.61 Å². The number of aliphatic hydroxyl groups excluding tert-OH is 3. The SMILES string of the molecule is CCC[C@]1(NC(C)=O)[C@@H](O)[C@H](O)[C@@H](CO)OC1(O)C(=O)CCC(C)=O. The minimum absolute atomic E-state index is 0.0781. The van der Waals surface area contributed by atoms with Crippen molar-refractivity contribution in [2.45, 2.75) is 76.1 Å². The molecule has 5 atom stereocenters. The molecule has 0 radical (unpaired) electrons. The number of rotatable bonds is 8. The average molecular weight is 361 g/mol. The van der Waals surface area contributed by atoms with Gasteiger partial charge in [-0.15, -0.1) is 0 Å². The number of ketones is 2. The summed E-state index contributed by atoms with van der Waals surface area (Å²) in [6.45, 7) is 3.35. The first kappa shape index (κ1) is 21.7.